The first-order valence-corrected chi connectivity index (χ1v) is 11.6. The van der Waals surface area contributed by atoms with Crippen LogP contribution in [0.5, 0.6) is 0 Å². The third kappa shape index (κ3) is 3.12. The van der Waals surface area contributed by atoms with Crippen LogP contribution in [0.1, 0.15) is 27.7 Å². The van der Waals surface area contributed by atoms with E-state index < -0.39 is 0 Å². The lowest BCUT2D eigenvalue weighted by Crippen LogP contribution is -2.49. The van der Waals surface area contributed by atoms with Gasteiger partial charge in [0.2, 0.25) is 0 Å². The first-order chi connectivity index (χ1) is 15.2. The minimum atomic E-state index is 0.0623. The molecule has 6 rings (SSSR count). The quantitative estimate of drug-likeness (QED) is 0.453. The lowest BCUT2D eigenvalue weighted by atomic mass is 9.80. The average molecular weight is 427 g/mol. The maximum absolute atomic E-state index is 13.0. The molecule has 1 fully saturated rings. The Hall–Kier alpha value is -3.18. The second kappa shape index (κ2) is 7.20. The number of likely N-dealkylation sites (tertiary alicyclic amines) is 1. The smallest absolute Gasteiger partial charge is 0.263 e. The van der Waals surface area contributed by atoms with E-state index in [4.69, 9.17) is 0 Å². The number of nitrogens with zero attached hydrogens (tertiary/aromatic N) is 2. The van der Waals surface area contributed by atoms with Crippen LogP contribution in [-0.2, 0) is 6.54 Å². The second-order valence-electron chi connectivity index (χ2n) is 8.63. The summed E-state index contributed by atoms with van der Waals surface area (Å²) in [4.78, 5) is 28.6. The van der Waals surface area contributed by atoms with Gasteiger partial charge in [-0.15, -0.1) is 11.3 Å². The topological polar surface area (TPSA) is 42.3 Å². The van der Waals surface area contributed by atoms with Gasteiger partial charge in [-0.2, -0.15) is 0 Å². The number of fused-ring (bicyclic) bond motifs is 5. The predicted octanol–water partition coefficient (Wildman–Crippen LogP) is 4.99. The molecule has 2 aliphatic rings. The van der Waals surface area contributed by atoms with Gasteiger partial charge < -0.3 is 9.47 Å². The Bertz CT molecular complexity index is 1360. The molecule has 4 aromatic rings. The van der Waals surface area contributed by atoms with Gasteiger partial charge in [0.1, 0.15) is 0 Å². The Labute approximate surface area is 184 Å². The van der Waals surface area contributed by atoms with Gasteiger partial charge >= 0.3 is 0 Å². The Morgan fingerprint density at radius 1 is 0.903 bits per heavy atom. The molecule has 1 amide bonds. The van der Waals surface area contributed by atoms with Gasteiger partial charge in [-0.05, 0) is 52.3 Å². The molecule has 0 radical (unpaired) electrons. The Morgan fingerprint density at radius 2 is 1.77 bits per heavy atom. The van der Waals surface area contributed by atoms with E-state index in [0.717, 1.165) is 34.7 Å². The number of amides is 1. The van der Waals surface area contributed by atoms with E-state index in [-0.39, 0.29) is 17.4 Å². The van der Waals surface area contributed by atoms with Crippen LogP contribution in [0, 0.1) is 5.92 Å². The number of hydrogen-bond donors (Lipinski definition) is 0. The van der Waals surface area contributed by atoms with Gasteiger partial charge in [0.25, 0.3) is 11.5 Å². The van der Waals surface area contributed by atoms with Crippen LogP contribution < -0.4 is 5.56 Å². The molecule has 1 saturated heterocycles. The molecule has 0 spiro atoms. The minimum Gasteiger partial charge on any atom is -0.337 e. The van der Waals surface area contributed by atoms with Gasteiger partial charge in [0.15, 0.2) is 0 Å². The molecule has 31 heavy (non-hydrogen) atoms. The SMILES string of the molecule is O=C(c1cccs1)N1C[C@@H]2C[C@@H](C1)c1c(-c3ccc4ccccc4c3)ccc(=O)n1C2. The second-order valence-corrected chi connectivity index (χ2v) is 9.58. The zero-order valence-electron chi connectivity index (χ0n) is 17.0. The maximum Gasteiger partial charge on any atom is 0.263 e. The lowest BCUT2D eigenvalue weighted by molar-refractivity contribution is 0.0600. The van der Waals surface area contributed by atoms with E-state index in [1.54, 1.807) is 6.07 Å². The van der Waals surface area contributed by atoms with Crippen LogP contribution in [0.2, 0.25) is 0 Å². The first kappa shape index (κ1) is 18.6. The number of pyridine rings is 1. The average Bonchev–Trinajstić information content (AvgIpc) is 3.34. The molecule has 4 heterocycles. The van der Waals surface area contributed by atoms with Gasteiger partial charge in [0, 0.05) is 42.9 Å². The molecule has 2 bridgehead atoms. The van der Waals surface area contributed by atoms with Crippen LogP contribution in [-0.4, -0.2) is 28.5 Å². The van der Waals surface area contributed by atoms with Crippen molar-refractivity contribution in [3.8, 4) is 11.1 Å². The third-order valence-electron chi connectivity index (χ3n) is 6.67. The summed E-state index contributed by atoms with van der Waals surface area (Å²) in [5.74, 6) is 0.607. The Morgan fingerprint density at radius 3 is 2.61 bits per heavy atom. The number of piperidine rings is 1. The molecular formula is C26H22N2O2S. The summed E-state index contributed by atoms with van der Waals surface area (Å²) in [6, 6.07) is 22.3. The number of carbonyl (C=O) groups excluding carboxylic acids is 1. The van der Waals surface area contributed by atoms with Gasteiger partial charge in [-0.25, -0.2) is 0 Å². The van der Waals surface area contributed by atoms with Crippen molar-refractivity contribution in [3.05, 3.63) is 93.0 Å². The van der Waals surface area contributed by atoms with Crippen molar-refractivity contribution in [2.24, 2.45) is 5.92 Å². The summed E-state index contributed by atoms with van der Waals surface area (Å²) in [5.41, 5.74) is 3.39. The molecule has 2 aromatic carbocycles. The highest BCUT2D eigenvalue weighted by Crippen LogP contribution is 2.40. The number of benzene rings is 2. The summed E-state index contributed by atoms with van der Waals surface area (Å²) in [5, 5.41) is 4.35. The highest BCUT2D eigenvalue weighted by molar-refractivity contribution is 7.12. The van der Waals surface area contributed by atoms with E-state index in [0.29, 0.717) is 19.0 Å². The van der Waals surface area contributed by atoms with E-state index in [1.807, 2.05) is 39.1 Å². The number of hydrogen-bond acceptors (Lipinski definition) is 3. The molecule has 0 aliphatic carbocycles. The summed E-state index contributed by atoms with van der Waals surface area (Å²) in [7, 11) is 0. The number of rotatable bonds is 2. The molecule has 4 nitrogen and oxygen atoms in total. The van der Waals surface area contributed by atoms with E-state index in [9.17, 15) is 9.59 Å². The fourth-order valence-electron chi connectivity index (χ4n) is 5.34. The summed E-state index contributed by atoms with van der Waals surface area (Å²) < 4.78 is 1.97. The van der Waals surface area contributed by atoms with Crippen molar-refractivity contribution < 1.29 is 4.79 Å². The van der Waals surface area contributed by atoms with E-state index in [2.05, 4.69) is 36.4 Å². The number of aromatic nitrogens is 1. The first-order valence-electron chi connectivity index (χ1n) is 10.7. The largest absolute Gasteiger partial charge is 0.337 e. The summed E-state index contributed by atoms with van der Waals surface area (Å²) in [6.07, 6.45) is 1.03. The maximum atomic E-state index is 13.0. The molecule has 0 N–H and O–H groups in total. The molecule has 2 aromatic heterocycles. The third-order valence-corrected chi connectivity index (χ3v) is 7.53. The zero-order chi connectivity index (χ0) is 20.9. The number of thiophene rings is 1. The molecular weight excluding hydrogens is 404 g/mol. The van der Waals surface area contributed by atoms with Gasteiger partial charge in [-0.3, -0.25) is 9.59 Å². The molecule has 154 valence electrons. The van der Waals surface area contributed by atoms with Crippen LogP contribution in [0.3, 0.4) is 0 Å². The van der Waals surface area contributed by atoms with Crippen LogP contribution >= 0.6 is 11.3 Å². The van der Waals surface area contributed by atoms with Gasteiger partial charge in [-0.1, -0.05) is 42.5 Å². The van der Waals surface area contributed by atoms with Crippen molar-refractivity contribution in [3.63, 3.8) is 0 Å². The lowest BCUT2D eigenvalue weighted by Gasteiger charge is -2.43. The highest BCUT2D eigenvalue weighted by Gasteiger charge is 2.38. The summed E-state index contributed by atoms with van der Waals surface area (Å²) in [6.45, 7) is 2.07. The zero-order valence-corrected chi connectivity index (χ0v) is 17.8. The van der Waals surface area contributed by atoms with Crippen LogP contribution in [0.4, 0.5) is 0 Å². The normalized spacial score (nSPS) is 19.9. The van der Waals surface area contributed by atoms with Crippen molar-refractivity contribution in [1.82, 2.24) is 9.47 Å². The highest BCUT2D eigenvalue weighted by atomic mass is 32.1. The van der Waals surface area contributed by atoms with Crippen molar-refractivity contribution in [2.45, 2.75) is 18.9 Å². The van der Waals surface area contributed by atoms with E-state index in [1.165, 1.54) is 22.1 Å². The predicted molar refractivity (Wildman–Crippen MR) is 125 cm³/mol. The van der Waals surface area contributed by atoms with Crippen molar-refractivity contribution in [2.75, 3.05) is 13.1 Å². The fraction of sp³-hybridized carbons (Fsp3) is 0.231. The van der Waals surface area contributed by atoms with Crippen LogP contribution in [0.15, 0.2) is 76.9 Å². The summed E-state index contributed by atoms with van der Waals surface area (Å²) >= 11 is 1.50. The molecule has 2 aliphatic heterocycles. The molecule has 5 heteroatoms. The standard InChI is InChI=1S/C26H22N2O2S/c29-24-10-9-22(20-8-7-18-4-1-2-5-19(18)13-20)25-21-12-17(15-28(24)25)14-27(16-21)26(30)23-6-3-11-31-23/h1-11,13,17,21H,12,14-16H2/t17-,21-/m0/s1. The molecule has 2 atom stereocenters. The Kier molecular flexibility index (Phi) is 4.32. The van der Waals surface area contributed by atoms with Crippen LogP contribution in [0.25, 0.3) is 21.9 Å². The Balaban J connectivity index is 1.44. The van der Waals surface area contributed by atoms with Gasteiger partial charge in [0.05, 0.1) is 4.88 Å². The van der Waals surface area contributed by atoms with E-state index >= 15 is 0 Å². The minimum absolute atomic E-state index is 0.0623. The monoisotopic (exact) mass is 426 g/mol. The van der Waals surface area contributed by atoms with Crippen molar-refractivity contribution >= 4 is 28.0 Å². The molecule has 0 unspecified atom stereocenters. The fourth-order valence-corrected chi connectivity index (χ4v) is 6.03. The number of carbonyl (C=O) groups is 1. The van der Waals surface area contributed by atoms with Crippen molar-refractivity contribution in [1.29, 1.82) is 0 Å². The molecule has 0 saturated carbocycles.